The highest BCUT2D eigenvalue weighted by Crippen LogP contribution is 2.31. The molecule has 1 aliphatic carbocycles. The molecule has 1 aliphatic rings. The number of carbonyl (C=O) groups excluding carboxylic acids is 2. The van der Waals surface area contributed by atoms with Crippen LogP contribution >= 0.6 is 34.8 Å². The van der Waals surface area contributed by atoms with Gasteiger partial charge in [0.25, 0.3) is 10.0 Å². The van der Waals surface area contributed by atoms with Crippen LogP contribution in [0.15, 0.2) is 102 Å². The van der Waals surface area contributed by atoms with Gasteiger partial charge in [-0.25, -0.2) is 8.42 Å². The molecule has 0 radical (unpaired) electrons. The van der Waals surface area contributed by atoms with E-state index in [1.54, 1.807) is 30.3 Å². The number of amides is 2. The second kappa shape index (κ2) is 16.2. The van der Waals surface area contributed by atoms with Crippen LogP contribution in [0.25, 0.3) is 0 Å². The van der Waals surface area contributed by atoms with Crippen LogP contribution in [-0.4, -0.2) is 43.8 Å². The van der Waals surface area contributed by atoms with E-state index < -0.39 is 28.5 Å². The van der Waals surface area contributed by atoms with Gasteiger partial charge in [-0.05, 0) is 73.4 Å². The van der Waals surface area contributed by atoms with E-state index in [1.165, 1.54) is 35.2 Å². The average Bonchev–Trinajstić information content (AvgIpc) is 3.07. The smallest absolute Gasteiger partial charge is 0.264 e. The predicted octanol–water partition coefficient (Wildman–Crippen LogP) is 8.24. The fourth-order valence-corrected chi connectivity index (χ4v) is 7.85. The predicted molar refractivity (Wildman–Crippen MR) is 193 cm³/mol. The van der Waals surface area contributed by atoms with Gasteiger partial charge in [0.2, 0.25) is 11.8 Å². The zero-order valence-electron chi connectivity index (χ0n) is 26.6. The number of halogens is 3. The summed E-state index contributed by atoms with van der Waals surface area (Å²) < 4.78 is 29.5. The molecule has 1 fully saturated rings. The van der Waals surface area contributed by atoms with Gasteiger partial charge >= 0.3 is 0 Å². The lowest BCUT2D eigenvalue weighted by Crippen LogP contribution is -2.55. The molecule has 0 saturated heterocycles. The van der Waals surface area contributed by atoms with Crippen LogP contribution in [0.2, 0.25) is 15.1 Å². The van der Waals surface area contributed by atoms with E-state index in [2.05, 4.69) is 5.32 Å². The molecule has 48 heavy (non-hydrogen) atoms. The van der Waals surface area contributed by atoms with E-state index in [0.29, 0.717) is 10.6 Å². The summed E-state index contributed by atoms with van der Waals surface area (Å²) >= 11 is 18.9. The molecule has 7 nitrogen and oxygen atoms in total. The van der Waals surface area contributed by atoms with Gasteiger partial charge in [-0.15, -0.1) is 0 Å². The Labute approximate surface area is 297 Å². The van der Waals surface area contributed by atoms with Crippen molar-refractivity contribution in [2.24, 2.45) is 0 Å². The Balaban J connectivity index is 1.58. The quantitative estimate of drug-likeness (QED) is 0.159. The van der Waals surface area contributed by atoms with Crippen molar-refractivity contribution in [1.82, 2.24) is 10.2 Å². The van der Waals surface area contributed by atoms with E-state index >= 15 is 0 Å². The van der Waals surface area contributed by atoms with Gasteiger partial charge in [0.1, 0.15) is 12.6 Å². The third kappa shape index (κ3) is 9.11. The van der Waals surface area contributed by atoms with Crippen molar-refractivity contribution >= 4 is 62.3 Å². The molecule has 5 rings (SSSR count). The number of rotatable bonds is 12. The Morgan fingerprint density at radius 2 is 1.50 bits per heavy atom. The minimum Gasteiger partial charge on any atom is -0.352 e. The van der Waals surface area contributed by atoms with Crippen molar-refractivity contribution in [3.8, 4) is 0 Å². The van der Waals surface area contributed by atoms with E-state index in [-0.39, 0.29) is 45.5 Å². The Morgan fingerprint density at radius 1 is 0.812 bits per heavy atom. The molecule has 0 spiro atoms. The standard InChI is InChI=1S/C37H38Cl3N3O4S/c1-26-15-18-32(19-16-26)48(46,47)43(31-17-20-33(39)34(40)23-31)25-36(44)42(24-28-11-8-12-29(38)21-28)35(22-27-9-4-2-5-10-27)37(45)41-30-13-6-3-7-14-30/h2,4-5,8-12,15-21,23,30,35H,3,6-7,13-14,22,24-25H2,1H3,(H,41,45). The normalized spacial score (nSPS) is 14.2. The molecule has 4 aromatic carbocycles. The Kier molecular flexibility index (Phi) is 12.1. The third-order valence-electron chi connectivity index (χ3n) is 8.54. The van der Waals surface area contributed by atoms with E-state index in [9.17, 15) is 18.0 Å². The van der Waals surface area contributed by atoms with Crippen LogP contribution in [0.1, 0.15) is 48.8 Å². The molecule has 0 bridgehead atoms. The topological polar surface area (TPSA) is 86.8 Å². The maximum absolute atomic E-state index is 14.7. The SMILES string of the molecule is Cc1ccc(S(=O)(=O)N(CC(=O)N(Cc2cccc(Cl)c2)C(Cc2ccccc2)C(=O)NC2CCCCC2)c2ccc(Cl)c(Cl)c2)cc1. The van der Waals surface area contributed by atoms with Gasteiger partial charge in [0.15, 0.2) is 0 Å². The summed E-state index contributed by atoms with van der Waals surface area (Å²) in [5, 5.41) is 4.06. The summed E-state index contributed by atoms with van der Waals surface area (Å²) in [6.45, 7) is 1.28. The molecule has 2 amide bonds. The lowest BCUT2D eigenvalue weighted by Gasteiger charge is -2.35. The first-order valence-electron chi connectivity index (χ1n) is 15.9. The van der Waals surface area contributed by atoms with Crippen molar-refractivity contribution in [3.63, 3.8) is 0 Å². The molecule has 0 aliphatic heterocycles. The molecule has 1 saturated carbocycles. The molecule has 4 aromatic rings. The molecule has 0 aromatic heterocycles. The minimum absolute atomic E-state index is 0.00210. The first-order chi connectivity index (χ1) is 23.0. The van der Waals surface area contributed by atoms with Crippen molar-refractivity contribution in [2.45, 2.75) is 69.0 Å². The molecule has 11 heteroatoms. The fraction of sp³-hybridized carbons (Fsp3) is 0.297. The van der Waals surface area contributed by atoms with Crippen LogP contribution in [0.3, 0.4) is 0 Å². The highest BCUT2D eigenvalue weighted by atomic mass is 35.5. The van der Waals surface area contributed by atoms with Gasteiger partial charge in [-0.3, -0.25) is 13.9 Å². The zero-order chi connectivity index (χ0) is 34.3. The maximum atomic E-state index is 14.7. The number of aryl methyl sites for hydroxylation is 1. The highest BCUT2D eigenvalue weighted by Gasteiger charge is 2.35. The summed E-state index contributed by atoms with van der Waals surface area (Å²) in [6.07, 6.45) is 5.13. The van der Waals surface area contributed by atoms with Gasteiger partial charge in [-0.1, -0.05) is 114 Å². The molecule has 0 heterocycles. The number of hydrogen-bond donors (Lipinski definition) is 1. The lowest BCUT2D eigenvalue weighted by atomic mass is 9.94. The number of anilines is 1. The summed E-state index contributed by atoms with van der Waals surface area (Å²) in [5.74, 6) is -0.861. The van der Waals surface area contributed by atoms with Crippen LogP contribution in [0.5, 0.6) is 0 Å². The van der Waals surface area contributed by atoms with Crippen LogP contribution in [-0.2, 0) is 32.6 Å². The number of carbonyl (C=O) groups is 2. The van der Waals surface area contributed by atoms with Gasteiger partial charge in [0, 0.05) is 24.0 Å². The third-order valence-corrected chi connectivity index (χ3v) is 11.3. The summed E-state index contributed by atoms with van der Waals surface area (Å²) in [6, 6.07) is 26.4. The Hall–Kier alpha value is -3.56. The zero-order valence-corrected chi connectivity index (χ0v) is 29.7. The number of hydrogen-bond acceptors (Lipinski definition) is 4. The van der Waals surface area contributed by atoms with Gasteiger partial charge < -0.3 is 10.2 Å². The fourth-order valence-electron chi connectivity index (χ4n) is 5.94. The molecule has 1 atom stereocenters. The van der Waals surface area contributed by atoms with Gasteiger partial charge in [0.05, 0.1) is 20.6 Å². The minimum atomic E-state index is -4.27. The molecule has 252 valence electrons. The number of sulfonamides is 1. The van der Waals surface area contributed by atoms with Crippen molar-refractivity contribution in [3.05, 3.63) is 129 Å². The Bertz CT molecular complexity index is 1830. The molecule has 1 N–H and O–H groups in total. The molecular weight excluding hydrogens is 689 g/mol. The second-order valence-electron chi connectivity index (χ2n) is 12.1. The number of benzene rings is 4. The van der Waals surface area contributed by atoms with Crippen molar-refractivity contribution < 1.29 is 18.0 Å². The summed E-state index contributed by atoms with van der Waals surface area (Å²) in [5.41, 5.74) is 2.60. The largest absolute Gasteiger partial charge is 0.352 e. The van der Waals surface area contributed by atoms with Crippen molar-refractivity contribution in [2.75, 3.05) is 10.8 Å². The maximum Gasteiger partial charge on any atom is 0.264 e. The lowest BCUT2D eigenvalue weighted by molar-refractivity contribution is -0.140. The first kappa shape index (κ1) is 35.7. The highest BCUT2D eigenvalue weighted by molar-refractivity contribution is 7.92. The monoisotopic (exact) mass is 725 g/mol. The molecular formula is C37H38Cl3N3O4S. The average molecular weight is 727 g/mol. The van der Waals surface area contributed by atoms with Gasteiger partial charge in [-0.2, -0.15) is 0 Å². The van der Waals surface area contributed by atoms with E-state index in [1.807, 2.05) is 43.3 Å². The van der Waals surface area contributed by atoms with E-state index in [4.69, 9.17) is 34.8 Å². The number of nitrogens with one attached hydrogen (secondary N) is 1. The van der Waals surface area contributed by atoms with Crippen LogP contribution in [0, 0.1) is 6.92 Å². The van der Waals surface area contributed by atoms with Crippen LogP contribution < -0.4 is 9.62 Å². The molecule has 1 unspecified atom stereocenters. The van der Waals surface area contributed by atoms with E-state index in [0.717, 1.165) is 47.5 Å². The summed E-state index contributed by atoms with van der Waals surface area (Å²) in [4.78, 5) is 30.4. The van der Waals surface area contributed by atoms with Crippen LogP contribution in [0.4, 0.5) is 5.69 Å². The first-order valence-corrected chi connectivity index (χ1v) is 18.5. The second-order valence-corrected chi connectivity index (χ2v) is 15.2. The Morgan fingerprint density at radius 3 is 2.17 bits per heavy atom. The van der Waals surface area contributed by atoms with Crippen molar-refractivity contribution in [1.29, 1.82) is 0 Å². The number of nitrogens with zero attached hydrogens (tertiary/aromatic N) is 2. The summed E-state index contributed by atoms with van der Waals surface area (Å²) in [7, 11) is -4.27.